The van der Waals surface area contributed by atoms with Crippen LogP contribution in [0.3, 0.4) is 0 Å². The number of thiazole rings is 1. The highest BCUT2D eigenvalue weighted by molar-refractivity contribution is 7.82. The van der Waals surface area contributed by atoms with Crippen LogP contribution >= 0.6 is 34.3 Å². The average molecular weight is 558 g/mol. The molecule has 0 aliphatic carbocycles. The summed E-state index contributed by atoms with van der Waals surface area (Å²) >= 11 is 8.59. The van der Waals surface area contributed by atoms with Crippen LogP contribution in [0.15, 0.2) is 47.8 Å². The van der Waals surface area contributed by atoms with Gasteiger partial charge in [-0.1, -0.05) is 29.8 Å². The van der Waals surface area contributed by atoms with E-state index in [0.29, 0.717) is 32.8 Å². The summed E-state index contributed by atoms with van der Waals surface area (Å²) in [6, 6.07) is 11.0. The minimum absolute atomic E-state index is 0.186. The minimum Gasteiger partial charge on any atom is -0.339 e. The number of nitrogens with zero attached hydrogens (tertiary/aromatic N) is 2. The topological polar surface area (TPSA) is 62.3 Å². The van der Waals surface area contributed by atoms with Gasteiger partial charge in [-0.15, -0.1) is 22.7 Å². The van der Waals surface area contributed by atoms with Crippen molar-refractivity contribution in [2.45, 2.75) is 26.2 Å². The summed E-state index contributed by atoms with van der Waals surface area (Å²) in [5.74, 6) is -0.530. The first-order valence-electron chi connectivity index (χ1n) is 10.2. The van der Waals surface area contributed by atoms with Gasteiger partial charge in [0, 0.05) is 33.9 Å². The number of carbonyl (C=O) groups is 1. The molecular formula is C23H19ClF3N3O2S3. The summed E-state index contributed by atoms with van der Waals surface area (Å²) in [5.41, 5.74) is 1.30. The highest BCUT2D eigenvalue weighted by Gasteiger charge is 2.31. The number of rotatable bonds is 7. The number of alkyl halides is 3. The lowest BCUT2D eigenvalue weighted by molar-refractivity contribution is -0.137. The largest absolute Gasteiger partial charge is 0.416 e. The van der Waals surface area contributed by atoms with Crippen LogP contribution < -0.4 is 9.62 Å². The van der Waals surface area contributed by atoms with Crippen LogP contribution in [0.4, 0.5) is 18.3 Å². The molecule has 0 aliphatic heterocycles. The van der Waals surface area contributed by atoms with Crippen molar-refractivity contribution in [3.63, 3.8) is 0 Å². The van der Waals surface area contributed by atoms with E-state index in [-0.39, 0.29) is 5.69 Å². The lowest BCUT2D eigenvalue weighted by Gasteiger charge is -2.22. The zero-order chi connectivity index (χ0) is 25.3. The van der Waals surface area contributed by atoms with Gasteiger partial charge < -0.3 is 4.90 Å². The first-order valence-corrected chi connectivity index (χ1v) is 13.8. The maximum atomic E-state index is 13.1. The maximum absolute atomic E-state index is 13.1. The predicted molar refractivity (Wildman–Crippen MR) is 137 cm³/mol. The second-order valence-electron chi connectivity index (χ2n) is 7.74. The van der Waals surface area contributed by atoms with Crippen LogP contribution in [-0.4, -0.2) is 21.4 Å². The fourth-order valence-electron chi connectivity index (χ4n) is 3.50. The molecule has 0 aliphatic rings. The molecule has 0 fully saturated rings. The maximum Gasteiger partial charge on any atom is 0.416 e. The molecule has 5 nitrogen and oxygen atoms in total. The van der Waals surface area contributed by atoms with Gasteiger partial charge in [-0.25, -0.2) is 9.19 Å². The van der Waals surface area contributed by atoms with Crippen LogP contribution in [0, 0.1) is 6.92 Å². The summed E-state index contributed by atoms with van der Waals surface area (Å²) in [5, 5.41) is 3.74. The Kier molecular flexibility index (Phi) is 7.51. The molecule has 0 bridgehead atoms. The quantitative estimate of drug-likeness (QED) is 0.279. The zero-order valence-corrected chi connectivity index (χ0v) is 21.7. The zero-order valence-electron chi connectivity index (χ0n) is 18.5. The fourth-order valence-corrected chi connectivity index (χ4v) is 5.88. The molecule has 1 amide bonds. The lowest BCUT2D eigenvalue weighted by atomic mass is 10.1. The highest BCUT2D eigenvalue weighted by Crippen LogP contribution is 2.36. The first-order chi connectivity index (χ1) is 16.5. The van der Waals surface area contributed by atoms with Crippen molar-refractivity contribution in [2.24, 2.45) is 0 Å². The van der Waals surface area contributed by atoms with E-state index in [4.69, 9.17) is 11.6 Å². The van der Waals surface area contributed by atoms with E-state index >= 15 is 0 Å². The predicted octanol–water partition coefficient (Wildman–Crippen LogP) is 6.57. The summed E-state index contributed by atoms with van der Waals surface area (Å²) in [4.78, 5) is 19.6. The molecule has 1 atom stereocenters. The van der Waals surface area contributed by atoms with Crippen LogP contribution in [0.5, 0.6) is 0 Å². The number of anilines is 1. The van der Waals surface area contributed by atoms with E-state index in [1.807, 2.05) is 22.4 Å². The van der Waals surface area contributed by atoms with E-state index in [2.05, 4.69) is 9.71 Å². The van der Waals surface area contributed by atoms with E-state index < -0.39 is 28.6 Å². The molecule has 4 aromatic rings. The molecule has 0 saturated carbocycles. The van der Waals surface area contributed by atoms with E-state index in [1.165, 1.54) is 35.0 Å². The van der Waals surface area contributed by atoms with Gasteiger partial charge in [-0.05, 0) is 53.1 Å². The Hall–Kier alpha value is -2.47. The number of amides is 1. The molecule has 0 radical (unpaired) electrons. The normalized spacial score (nSPS) is 12.6. The number of hydrogen-bond acceptors (Lipinski definition) is 6. The Bertz CT molecular complexity index is 1400. The van der Waals surface area contributed by atoms with E-state index in [9.17, 15) is 22.2 Å². The van der Waals surface area contributed by atoms with Crippen molar-refractivity contribution in [2.75, 3.05) is 11.2 Å². The number of nitrogens with one attached hydrogen (secondary N) is 1. The van der Waals surface area contributed by atoms with Crippen molar-refractivity contribution in [1.29, 1.82) is 0 Å². The number of hydrogen-bond donors (Lipinski definition) is 1. The van der Waals surface area contributed by atoms with Crippen LogP contribution in [0.1, 0.15) is 32.1 Å². The van der Waals surface area contributed by atoms with Gasteiger partial charge in [0.05, 0.1) is 5.56 Å². The third-order valence-corrected chi connectivity index (χ3v) is 7.89. The Morgan fingerprint density at radius 3 is 2.54 bits per heavy atom. The van der Waals surface area contributed by atoms with Crippen molar-refractivity contribution in [3.05, 3.63) is 80.1 Å². The van der Waals surface area contributed by atoms with Gasteiger partial charge in [0.1, 0.15) is 16.7 Å². The van der Waals surface area contributed by atoms with Crippen LogP contribution in [-0.2, 0) is 30.3 Å². The molecule has 2 heterocycles. The minimum atomic E-state index is -4.41. The van der Waals surface area contributed by atoms with Gasteiger partial charge in [0.2, 0.25) is 0 Å². The Morgan fingerprint density at radius 1 is 1.17 bits per heavy atom. The first kappa shape index (κ1) is 25.6. The molecule has 2 aromatic heterocycles. The van der Waals surface area contributed by atoms with Gasteiger partial charge in [-0.3, -0.25) is 9.52 Å². The molecule has 35 heavy (non-hydrogen) atoms. The SMILES string of the molecule is Cc1sc(N(Cc2ccc(Cl)cc2)Cc2csc3cc(C(F)(F)F)ccc23)nc1C(=O)NS(C)=O. The number of carbonyl (C=O) groups excluding carboxylic acids is 1. The van der Waals surface area contributed by atoms with Crippen molar-refractivity contribution >= 4 is 66.4 Å². The number of aromatic nitrogens is 1. The molecule has 4 rings (SSSR count). The number of thiophene rings is 1. The Labute approximate surface area is 215 Å². The molecule has 12 heteroatoms. The summed E-state index contributed by atoms with van der Waals surface area (Å²) in [7, 11) is -1.53. The average Bonchev–Trinajstić information content (AvgIpc) is 3.37. The second-order valence-corrected chi connectivity index (χ2v) is 11.4. The van der Waals surface area contributed by atoms with E-state index in [0.717, 1.165) is 28.6 Å². The third kappa shape index (κ3) is 6.03. The molecule has 0 saturated heterocycles. The molecule has 184 valence electrons. The van der Waals surface area contributed by atoms with Crippen LogP contribution in [0.2, 0.25) is 5.02 Å². The number of aryl methyl sites for hydroxylation is 1. The Balaban J connectivity index is 1.70. The molecular weight excluding hydrogens is 539 g/mol. The third-order valence-electron chi connectivity index (χ3n) is 5.14. The number of benzene rings is 2. The molecule has 0 spiro atoms. The molecule has 2 aromatic carbocycles. The van der Waals surface area contributed by atoms with Gasteiger partial charge in [0.15, 0.2) is 5.13 Å². The number of halogens is 4. The van der Waals surface area contributed by atoms with Crippen molar-refractivity contribution < 1.29 is 22.2 Å². The fraction of sp³-hybridized carbons (Fsp3) is 0.217. The molecule has 1 unspecified atom stereocenters. The van der Waals surface area contributed by atoms with Crippen molar-refractivity contribution in [1.82, 2.24) is 9.71 Å². The van der Waals surface area contributed by atoms with Gasteiger partial charge in [0.25, 0.3) is 5.91 Å². The second kappa shape index (κ2) is 10.3. The van der Waals surface area contributed by atoms with Crippen LogP contribution in [0.25, 0.3) is 10.1 Å². The van der Waals surface area contributed by atoms with Gasteiger partial charge >= 0.3 is 6.18 Å². The monoisotopic (exact) mass is 557 g/mol. The smallest absolute Gasteiger partial charge is 0.339 e. The highest BCUT2D eigenvalue weighted by atomic mass is 35.5. The number of fused-ring (bicyclic) bond motifs is 1. The summed E-state index contributed by atoms with van der Waals surface area (Å²) in [6.45, 7) is 2.55. The Morgan fingerprint density at radius 2 is 1.89 bits per heavy atom. The van der Waals surface area contributed by atoms with Gasteiger partial charge in [-0.2, -0.15) is 13.2 Å². The molecule has 1 N–H and O–H groups in total. The van der Waals surface area contributed by atoms with E-state index in [1.54, 1.807) is 19.1 Å². The van der Waals surface area contributed by atoms with Crippen molar-refractivity contribution in [3.8, 4) is 0 Å². The lowest BCUT2D eigenvalue weighted by Crippen LogP contribution is -2.26. The summed E-state index contributed by atoms with van der Waals surface area (Å²) in [6.07, 6.45) is -3.05. The standard InChI is InChI=1S/C23H19ClF3N3O2S3/c1-13-20(21(31)29-35(2)32)28-22(34-13)30(10-14-3-6-17(24)7-4-14)11-15-12-33-19-9-16(23(25,26)27)5-8-18(15)19/h3-9,12H,10-11H2,1-2H3,(H,29,31). The summed E-state index contributed by atoms with van der Waals surface area (Å²) < 4.78 is 53.7.